The fraction of sp³-hybridized carbons (Fsp3) is 0.375. The molecule has 1 aliphatic rings. The Morgan fingerprint density at radius 1 is 0.972 bits per heavy atom. The molecule has 2 aromatic rings. The maximum absolute atomic E-state index is 12.7. The molecule has 36 heavy (non-hydrogen) atoms. The number of carboxylic acids is 2. The fourth-order valence-corrected chi connectivity index (χ4v) is 3.69. The second-order valence-electron chi connectivity index (χ2n) is 8.19. The van der Waals surface area contributed by atoms with E-state index in [0.717, 1.165) is 0 Å². The topological polar surface area (TPSA) is 203 Å². The zero-order valence-corrected chi connectivity index (χ0v) is 18.9. The molecular formula is C24H27NO11. The van der Waals surface area contributed by atoms with Crippen LogP contribution in [0.1, 0.15) is 23.2 Å². The van der Waals surface area contributed by atoms with Gasteiger partial charge >= 0.3 is 11.9 Å². The summed E-state index contributed by atoms with van der Waals surface area (Å²) in [5, 5.41) is 60.1. The molecule has 2 aromatic carbocycles. The van der Waals surface area contributed by atoms with Gasteiger partial charge in [-0.15, -0.1) is 0 Å². The Labute approximate surface area is 205 Å². The molecule has 6 atom stereocenters. The van der Waals surface area contributed by atoms with E-state index in [2.05, 4.69) is 5.32 Å². The van der Waals surface area contributed by atoms with Crippen molar-refractivity contribution in [3.8, 4) is 16.9 Å². The first-order chi connectivity index (χ1) is 17.1. The average molecular weight is 505 g/mol. The molecule has 0 aliphatic carbocycles. The number of hydrogen-bond donors (Lipinski definition) is 7. The van der Waals surface area contributed by atoms with Gasteiger partial charge in [-0.2, -0.15) is 0 Å². The predicted molar refractivity (Wildman–Crippen MR) is 122 cm³/mol. The van der Waals surface area contributed by atoms with Crippen molar-refractivity contribution in [1.82, 2.24) is 5.32 Å². The Morgan fingerprint density at radius 2 is 1.69 bits per heavy atom. The second kappa shape index (κ2) is 11.9. The largest absolute Gasteiger partial charge is 0.481 e. The number of aliphatic hydroxyl groups excluding tert-OH is 4. The van der Waals surface area contributed by atoms with E-state index in [-0.39, 0.29) is 17.7 Å². The number of aliphatic carboxylic acids is 2. The Bertz CT molecular complexity index is 1090. The average Bonchev–Trinajstić information content (AvgIpc) is 2.86. The normalized spacial score (nSPS) is 24.5. The fourth-order valence-electron chi connectivity index (χ4n) is 3.69. The lowest BCUT2D eigenvalue weighted by Gasteiger charge is -2.39. The summed E-state index contributed by atoms with van der Waals surface area (Å²) in [6.45, 7) is -0.618. The minimum absolute atomic E-state index is 0.108. The lowest BCUT2D eigenvalue weighted by atomic mass is 9.99. The van der Waals surface area contributed by atoms with Gasteiger partial charge < -0.3 is 45.4 Å². The highest BCUT2D eigenvalue weighted by Gasteiger charge is 2.44. The number of ether oxygens (including phenoxy) is 2. The molecule has 7 N–H and O–H groups in total. The number of carbonyl (C=O) groups excluding carboxylic acids is 1. The predicted octanol–water partition coefficient (Wildman–Crippen LogP) is -0.420. The lowest BCUT2D eigenvalue weighted by Crippen LogP contribution is -2.60. The van der Waals surface area contributed by atoms with Gasteiger partial charge in [-0.05, 0) is 30.2 Å². The second-order valence-corrected chi connectivity index (χ2v) is 8.19. The number of carbonyl (C=O) groups is 3. The van der Waals surface area contributed by atoms with Crippen LogP contribution < -0.4 is 10.1 Å². The number of amides is 1. The molecule has 0 aromatic heterocycles. The van der Waals surface area contributed by atoms with Crippen molar-refractivity contribution in [3.63, 3.8) is 0 Å². The van der Waals surface area contributed by atoms with Gasteiger partial charge in [-0.1, -0.05) is 30.3 Å². The zero-order chi connectivity index (χ0) is 26.4. The van der Waals surface area contributed by atoms with Crippen LogP contribution in [0.4, 0.5) is 0 Å². The van der Waals surface area contributed by atoms with Crippen LogP contribution in [0.2, 0.25) is 0 Å². The van der Waals surface area contributed by atoms with Crippen LogP contribution in [0.25, 0.3) is 11.1 Å². The highest BCUT2D eigenvalue weighted by Crippen LogP contribution is 2.33. The molecule has 1 fully saturated rings. The number of hydrogen-bond acceptors (Lipinski definition) is 9. The van der Waals surface area contributed by atoms with E-state index in [1.807, 2.05) is 0 Å². The van der Waals surface area contributed by atoms with Gasteiger partial charge in [0.05, 0.1) is 6.61 Å². The first-order valence-electron chi connectivity index (χ1n) is 11.0. The van der Waals surface area contributed by atoms with Crippen LogP contribution in [0.5, 0.6) is 5.75 Å². The summed E-state index contributed by atoms with van der Waals surface area (Å²) in [5.41, 5.74) is 1.06. The van der Waals surface area contributed by atoms with E-state index in [0.29, 0.717) is 11.1 Å². The van der Waals surface area contributed by atoms with Crippen LogP contribution >= 0.6 is 0 Å². The van der Waals surface area contributed by atoms with Crippen molar-refractivity contribution in [3.05, 3.63) is 54.1 Å². The van der Waals surface area contributed by atoms with Crippen LogP contribution in [-0.4, -0.2) is 91.8 Å². The maximum Gasteiger partial charge on any atom is 0.326 e. The number of aliphatic hydroxyl groups is 4. The Kier molecular flexibility index (Phi) is 8.96. The van der Waals surface area contributed by atoms with Gasteiger partial charge in [0.1, 0.15) is 36.2 Å². The highest BCUT2D eigenvalue weighted by molar-refractivity contribution is 5.97. The van der Waals surface area contributed by atoms with Crippen molar-refractivity contribution in [1.29, 1.82) is 0 Å². The lowest BCUT2D eigenvalue weighted by molar-refractivity contribution is -0.277. The molecule has 1 heterocycles. The molecule has 194 valence electrons. The van der Waals surface area contributed by atoms with Gasteiger partial charge in [0.15, 0.2) is 0 Å². The standard InChI is InChI=1S/C24H27NO11/c26-11-17-19(29)20(30)21(31)24(36-17)35-16-7-2-1-6-14(16)12-4-3-5-13(10-12)22(32)25-15(23(33)34)8-9-18(27)28/h1-7,10,15,17,19-21,24,26,29-31H,8-9,11H2,(H,25,32)(H,27,28)(H,33,34)/t15-,17+,19+,20-,21-,24+/m0/s1. The smallest absolute Gasteiger partial charge is 0.326 e. The molecule has 12 heteroatoms. The molecule has 0 bridgehead atoms. The summed E-state index contributed by atoms with van der Waals surface area (Å²) in [6.07, 6.45) is -8.07. The third-order valence-corrected chi connectivity index (χ3v) is 5.66. The third-order valence-electron chi connectivity index (χ3n) is 5.66. The molecular weight excluding hydrogens is 478 g/mol. The summed E-state index contributed by atoms with van der Waals surface area (Å²) in [6, 6.07) is 11.3. The summed E-state index contributed by atoms with van der Waals surface area (Å²) in [5.74, 6) is -3.07. The molecule has 12 nitrogen and oxygen atoms in total. The van der Waals surface area contributed by atoms with E-state index in [9.17, 15) is 39.9 Å². The van der Waals surface area contributed by atoms with Crippen LogP contribution in [0.3, 0.4) is 0 Å². The van der Waals surface area contributed by atoms with Crippen LogP contribution in [0, 0.1) is 0 Å². The molecule has 0 unspecified atom stereocenters. The Balaban J connectivity index is 1.82. The quantitative estimate of drug-likeness (QED) is 0.221. The number of nitrogens with one attached hydrogen (secondary N) is 1. The van der Waals surface area contributed by atoms with E-state index in [1.165, 1.54) is 12.1 Å². The first kappa shape index (κ1) is 27.0. The maximum atomic E-state index is 12.7. The molecule has 1 saturated heterocycles. The van der Waals surface area contributed by atoms with E-state index in [4.69, 9.17) is 14.6 Å². The van der Waals surface area contributed by atoms with Crippen molar-refractivity contribution >= 4 is 17.8 Å². The SMILES string of the molecule is O=C(O)CC[C@H](NC(=O)c1cccc(-c2ccccc2O[C@@H]2O[C@H](CO)[C@@H](O)[C@H](O)[C@@H]2O)c1)C(=O)O. The molecule has 0 saturated carbocycles. The number of carboxylic acid groups (broad SMARTS) is 2. The Morgan fingerprint density at radius 3 is 2.36 bits per heavy atom. The molecule has 3 rings (SSSR count). The van der Waals surface area contributed by atoms with Crippen LogP contribution in [-0.2, 0) is 14.3 Å². The van der Waals surface area contributed by atoms with Crippen molar-refractivity contribution in [2.24, 2.45) is 0 Å². The van der Waals surface area contributed by atoms with Gasteiger partial charge in [0.2, 0.25) is 6.29 Å². The molecule has 0 radical (unpaired) electrons. The van der Waals surface area contributed by atoms with Crippen molar-refractivity contribution in [2.45, 2.75) is 49.6 Å². The summed E-state index contributed by atoms with van der Waals surface area (Å²) >= 11 is 0. The van der Waals surface area contributed by atoms with Crippen LogP contribution in [0.15, 0.2) is 48.5 Å². The van der Waals surface area contributed by atoms with Gasteiger partial charge in [-0.25, -0.2) is 4.79 Å². The van der Waals surface area contributed by atoms with E-state index in [1.54, 1.807) is 36.4 Å². The van der Waals surface area contributed by atoms with Gasteiger partial charge in [0.25, 0.3) is 5.91 Å². The van der Waals surface area contributed by atoms with E-state index >= 15 is 0 Å². The van der Waals surface area contributed by atoms with Crippen molar-refractivity contribution in [2.75, 3.05) is 6.61 Å². The van der Waals surface area contributed by atoms with E-state index < -0.39 is 67.6 Å². The minimum atomic E-state index is -1.62. The zero-order valence-electron chi connectivity index (χ0n) is 18.9. The summed E-state index contributed by atoms with van der Waals surface area (Å²) in [4.78, 5) is 34.9. The minimum Gasteiger partial charge on any atom is -0.481 e. The van der Waals surface area contributed by atoms with Gasteiger partial charge in [-0.3, -0.25) is 9.59 Å². The Hall–Kier alpha value is -3.55. The summed E-state index contributed by atoms with van der Waals surface area (Å²) < 4.78 is 11.2. The third kappa shape index (κ3) is 6.36. The van der Waals surface area contributed by atoms with Gasteiger partial charge in [0, 0.05) is 17.5 Å². The monoisotopic (exact) mass is 505 g/mol. The van der Waals surface area contributed by atoms with Crippen molar-refractivity contribution < 1.29 is 54.5 Å². The molecule has 0 spiro atoms. The molecule has 1 amide bonds. The first-order valence-corrected chi connectivity index (χ1v) is 11.0. The number of rotatable bonds is 10. The summed E-state index contributed by atoms with van der Waals surface area (Å²) in [7, 11) is 0. The number of para-hydroxylation sites is 1. The molecule has 1 aliphatic heterocycles. The number of benzene rings is 2. The highest BCUT2D eigenvalue weighted by atomic mass is 16.7.